The summed E-state index contributed by atoms with van der Waals surface area (Å²) in [4.78, 5) is 2.28. The molecule has 0 aliphatic carbocycles. The molecule has 0 bridgehead atoms. The molecule has 1 aromatic carbocycles. The first-order valence-electron chi connectivity index (χ1n) is 7.06. The number of nitrogens with zero attached hydrogens (tertiary/aromatic N) is 2. The van der Waals surface area contributed by atoms with Crippen molar-refractivity contribution in [3.63, 3.8) is 0 Å². The summed E-state index contributed by atoms with van der Waals surface area (Å²) in [6.07, 6.45) is 0.500. The molecule has 20 heavy (non-hydrogen) atoms. The minimum absolute atomic E-state index is 0.0950. The van der Waals surface area contributed by atoms with Crippen molar-refractivity contribution in [3.8, 4) is 0 Å². The lowest BCUT2D eigenvalue weighted by molar-refractivity contribution is 0.0975. The second-order valence-electron chi connectivity index (χ2n) is 4.55. The molecular weight excluding hydrogens is 254 g/mol. The number of likely N-dealkylation sites (N-methyl/N-ethyl adjacent to an activating group) is 1. The Morgan fingerprint density at radius 1 is 1.35 bits per heavy atom. The fourth-order valence-corrected chi connectivity index (χ4v) is 2.23. The van der Waals surface area contributed by atoms with Crippen LogP contribution in [0.2, 0.25) is 0 Å². The molecule has 0 radical (unpaired) electrons. The molecular formula is C15H25N3O2. The maximum absolute atomic E-state index is 8.82. The number of hydrogen-bond acceptors (Lipinski definition) is 4. The van der Waals surface area contributed by atoms with Crippen LogP contribution >= 0.6 is 0 Å². The van der Waals surface area contributed by atoms with Gasteiger partial charge in [0, 0.05) is 25.6 Å². The molecule has 0 heterocycles. The topological polar surface area (TPSA) is 71.1 Å². The number of rotatable bonds is 9. The highest BCUT2D eigenvalue weighted by Gasteiger charge is 2.20. The van der Waals surface area contributed by atoms with Crippen molar-refractivity contribution in [2.45, 2.75) is 26.3 Å². The number of amidine groups is 1. The van der Waals surface area contributed by atoms with E-state index in [1.54, 1.807) is 0 Å². The first-order chi connectivity index (χ1) is 9.72. The van der Waals surface area contributed by atoms with E-state index in [2.05, 4.69) is 29.1 Å². The van der Waals surface area contributed by atoms with Crippen LogP contribution in [0.25, 0.3) is 0 Å². The SMILES string of the molecule is CCOCCN(CC)C(CC(N)=NO)c1ccccc1. The van der Waals surface area contributed by atoms with Gasteiger partial charge in [-0.15, -0.1) is 0 Å². The van der Waals surface area contributed by atoms with Crippen molar-refractivity contribution in [3.05, 3.63) is 35.9 Å². The molecule has 1 aromatic rings. The lowest BCUT2D eigenvalue weighted by Gasteiger charge is -2.30. The zero-order valence-electron chi connectivity index (χ0n) is 12.3. The average Bonchev–Trinajstić information content (AvgIpc) is 2.50. The monoisotopic (exact) mass is 279 g/mol. The Morgan fingerprint density at radius 3 is 2.60 bits per heavy atom. The van der Waals surface area contributed by atoms with Gasteiger partial charge in [-0.25, -0.2) is 0 Å². The van der Waals surface area contributed by atoms with Gasteiger partial charge in [0.2, 0.25) is 0 Å². The summed E-state index contributed by atoms with van der Waals surface area (Å²) in [6, 6.07) is 10.2. The van der Waals surface area contributed by atoms with Gasteiger partial charge in [0.15, 0.2) is 0 Å². The fourth-order valence-electron chi connectivity index (χ4n) is 2.23. The average molecular weight is 279 g/mol. The van der Waals surface area contributed by atoms with Gasteiger partial charge in [-0.1, -0.05) is 42.4 Å². The van der Waals surface area contributed by atoms with Gasteiger partial charge in [0.1, 0.15) is 5.84 Å². The van der Waals surface area contributed by atoms with Crippen LogP contribution in [-0.4, -0.2) is 42.2 Å². The molecule has 5 heteroatoms. The standard InChI is InChI=1S/C15H25N3O2/c1-3-18(10-11-20-4-2)14(12-15(16)17-19)13-8-6-5-7-9-13/h5-9,14,19H,3-4,10-12H2,1-2H3,(H2,16,17). The second-order valence-corrected chi connectivity index (χ2v) is 4.55. The predicted molar refractivity (Wildman–Crippen MR) is 80.9 cm³/mol. The maximum Gasteiger partial charge on any atom is 0.141 e. The molecule has 0 aliphatic rings. The quantitative estimate of drug-likeness (QED) is 0.239. The largest absolute Gasteiger partial charge is 0.409 e. The first-order valence-corrected chi connectivity index (χ1v) is 7.06. The van der Waals surface area contributed by atoms with E-state index in [0.717, 1.165) is 18.7 Å². The Balaban J connectivity index is 2.84. The number of benzene rings is 1. The molecule has 0 aromatic heterocycles. The van der Waals surface area contributed by atoms with Crippen molar-refractivity contribution in [2.75, 3.05) is 26.3 Å². The minimum Gasteiger partial charge on any atom is -0.409 e. The Morgan fingerprint density at radius 2 is 2.05 bits per heavy atom. The normalized spacial score (nSPS) is 13.7. The van der Waals surface area contributed by atoms with Gasteiger partial charge in [-0.2, -0.15) is 0 Å². The molecule has 1 rings (SSSR count). The molecule has 112 valence electrons. The minimum atomic E-state index is 0.0950. The third-order valence-electron chi connectivity index (χ3n) is 3.29. The Bertz CT molecular complexity index is 395. The Hall–Kier alpha value is -1.59. The van der Waals surface area contributed by atoms with Gasteiger partial charge in [-0.3, -0.25) is 4.90 Å². The van der Waals surface area contributed by atoms with Crippen LogP contribution in [0.3, 0.4) is 0 Å². The van der Waals surface area contributed by atoms with Gasteiger partial charge in [0.25, 0.3) is 0 Å². The molecule has 1 unspecified atom stereocenters. The number of nitrogens with two attached hydrogens (primary N) is 1. The van der Waals surface area contributed by atoms with Crippen LogP contribution in [0.15, 0.2) is 35.5 Å². The highest BCUT2D eigenvalue weighted by Crippen LogP contribution is 2.23. The van der Waals surface area contributed by atoms with Gasteiger partial charge < -0.3 is 15.7 Å². The fraction of sp³-hybridized carbons (Fsp3) is 0.533. The summed E-state index contributed by atoms with van der Waals surface area (Å²) in [6.45, 7) is 7.20. The molecule has 3 N–H and O–H groups in total. The third-order valence-corrected chi connectivity index (χ3v) is 3.29. The summed E-state index contributed by atoms with van der Waals surface area (Å²) in [7, 11) is 0. The lowest BCUT2D eigenvalue weighted by atomic mass is 10.0. The first kappa shape index (κ1) is 16.5. The van der Waals surface area contributed by atoms with Crippen LogP contribution in [0.5, 0.6) is 0 Å². The maximum atomic E-state index is 8.82. The van der Waals surface area contributed by atoms with Gasteiger partial charge >= 0.3 is 0 Å². The van der Waals surface area contributed by atoms with Crippen LogP contribution in [0, 0.1) is 0 Å². The van der Waals surface area contributed by atoms with E-state index in [0.29, 0.717) is 19.6 Å². The van der Waals surface area contributed by atoms with E-state index >= 15 is 0 Å². The Labute approximate surface area is 121 Å². The summed E-state index contributed by atoms with van der Waals surface area (Å²) in [5.41, 5.74) is 6.86. The molecule has 0 spiro atoms. The predicted octanol–water partition coefficient (Wildman–Crippen LogP) is 2.22. The van der Waals surface area contributed by atoms with E-state index < -0.39 is 0 Å². The van der Waals surface area contributed by atoms with E-state index in [9.17, 15) is 0 Å². The summed E-state index contributed by atoms with van der Waals surface area (Å²) < 4.78 is 5.43. The zero-order valence-corrected chi connectivity index (χ0v) is 12.3. The Kier molecular flexibility index (Phi) is 7.69. The van der Waals surface area contributed by atoms with E-state index in [1.807, 2.05) is 25.1 Å². The van der Waals surface area contributed by atoms with Crippen molar-refractivity contribution in [1.82, 2.24) is 4.90 Å². The van der Waals surface area contributed by atoms with Crippen molar-refractivity contribution in [2.24, 2.45) is 10.9 Å². The van der Waals surface area contributed by atoms with Crippen LogP contribution in [0.1, 0.15) is 31.9 Å². The molecule has 0 aliphatic heterocycles. The van der Waals surface area contributed by atoms with E-state index in [1.165, 1.54) is 0 Å². The summed E-state index contributed by atoms with van der Waals surface area (Å²) in [5, 5.41) is 11.9. The van der Waals surface area contributed by atoms with E-state index in [4.69, 9.17) is 15.7 Å². The van der Waals surface area contributed by atoms with E-state index in [-0.39, 0.29) is 11.9 Å². The molecule has 1 atom stereocenters. The van der Waals surface area contributed by atoms with Crippen molar-refractivity contribution >= 4 is 5.84 Å². The smallest absolute Gasteiger partial charge is 0.141 e. The molecule has 5 nitrogen and oxygen atoms in total. The zero-order chi connectivity index (χ0) is 14.8. The molecule has 0 saturated carbocycles. The van der Waals surface area contributed by atoms with Gasteiger partial charge in [-0.05, 0) is 19.0 Å². The summed E-state index contributed by atoms with van der Waals surface area (Å²) in [5.74, 6) is 0.244. The van der Waals surface area contributed by atoms with Crippen LogP contribution < -0.4 is 5.73 Å². The highest BCUT2D eigenvalue weighted by atomic mass is 16.5. The van der Waals surface area contributed by atoms with Crippen molar-refractivity contribution in [1.29, 1.82) is 0 Å². The lowest BCUT2D eigenvalue weighted by Crippen LogP contribution is -2.34. The molecule has 0 saturated heterocycles. The number of ether oxygens (including phenoxy) is 1. The van der Waals surface area contributed by atoms with Crippen LogP contribution in [0.4, 0.5) is 0 Å². The third kappa shape index (κ3) is 5.19. The molecule has 0 amide bonds. The number of oxime groups is 1. The van der Waals surface area contributed by atoms with Crippen molar-refractivity contribution < 1.29 is 9.94 Å². The van der Waals surface area contributed by atoms with Crippen LogP contribution in [-0.2, 0) is 4.74 Å². The van der Waals surface area contributed by atoms with Gasteiger partial charge in [0.05, 0.1) is 6.61 Å². The highest BCUT2D eigenvalue weighted by molar-refractivity contribution is 5.80. The second kappa shape index (κ2) is 9.34. The number of hydrogen-bond donors (Lipinski definition) is 2. The summed E-state index contributed by atoms with van der Waals surface area (Å²) >= 11 is 0. The molecule has 0 fully saturated rings.